The molecular weight excluding hydrogens is 396 g/mol. The number of anilines is 1. The van der Waals surface area contributed by atoms with E-state index in [9.17, 15) is 0 Å². The highest BCUT2D eigenvalue weighted by Crippen LogP contribution is 2.37. The molecule has 2 atom stereocenters. The van der Waals surface area contributed by atoms with Gasteiger partial charge in [-0.3, -0.25) is 9.38 Å². The van der Waals surface area contributed by atoms with E-state index in [1.807, 2.05) is 12.3 Å². The molecule has 3 aromatic rings. The maximum Gasteiger partial charge on any atom is 0.139 e. The highest BCUT2D eigenvalue weighted by Gasteiger charge is 2.30. The summed E-state index contributed by atoms with van der Waals surface area (Å²) in [6.07, 6.45) is 5.14. The number of nitrogens with zero attached hydrogens (tertiary/aromatic N) is 5. The minimum atomic E-state index is 0.137. The van der Waals surface area contributed by atoms with Crippen LogP contribution in [0, 0.1) is 6.92 Å². The van der Waals surface area contributed by atoms with Gasteiger partial charge in [-0.05, 0) is 57.0 Å². The monoisotopic (exact) mass is 424 g/mol. The van der Waals surface area contributed by atoms with Crippen LogP contribution in [0.15, 0.2) is 36.5 Å². The van der Waals surface area contributed by atoms with Crippen LogP contribution in [-0.2, 0) is 0 Å². The molecule has 6 nitrogen and oxygen atoms in total. The summed E-state index contributed by atoms with van der Waals surface area (Å²) in [6, 6.07) is 10.8. The zero-order valence-corrected chi connectivity index (χ0v) is 18.4. The van der Waals surface area contributed by atoms with Crippen LogP contribution in [0.2, 0.25) is 5.15 Å². The fourth-order valence-electron chi connectivity index (χ4n) is 4.79. The Hall–Kier alpha value is -2.15. The molecule has 158 valence electrons. The summed E-state index contributed by atoms with van der Waals surface area (Å²) in [4.78, 5) is 14.4. The summed E-state index contributed by atoms with van der Waals surface area (Å²) >= 11 is 6.98. The number of aryl methyl sites for hydroxylation is 1. The smallest absolute Gasteiger partial charge is 0.139 e. The summed E-state index contributed by atoms with van der Waals surface area (Å²) in [6.45, 7) is 6.26. The Balaban J connectivity index is 1.47. The number of likely N-dealkylation sites (N-methyl/N-ethyl adjacent to an activating group) is 1. The number of hydrogen-bond acceptors (Lipinski definition) is 5. The van der Waals surface area contributed by atoms with Gasteiger partial charge in [0, 0.05) is 32.4 Å². The minimum absolute atomic E-state index is 0.137. The summed E-state index contributed by atoms with van der Waals surface area (Å²) in [5.74, 6) is 1.14. The third kappa shape index (κ3) is 3.57. The van der Waals surface area contributed by atoms with Gasteiger partial charge in [0.25, 0.3) is 0 Å². The predicted octanol–water partition coefficient (Wildman–Crippen LogP) is 4.00. The fourth-order valence-corrected chi connectivity index (χ4v) is 5.14. The first-order chi connectivity index (χ1) is 14.6. The van der Waals surface area contributed by atoms with Gasteiger partial charge >= 0.3 is 0 Å². The molecule has 2 saturated heterocycles. The van der Waals surface area contributed by atoms with E-state index >= 15 is 0 Å². The van der Waals surface area contributed by atoms with Gasteiger partial charge in [0.15, 0.2) is 0 Å². The predicted molar refractivity (Wildman–Crippen MR) is 121 cm³/mol. The van der Waals surface area contributed by atoms with E-state index in [0.29, 0.717) is 0 Å². The number of fused-ring (bicyclic) bond motifs is 1. The molecule has 1 unspecified atom stereocenters. The van der Waals surface area contributed by atoms with Crippen LogP contribution in [0.3, 0.4) is 0 Å². The number of piperazine rings is 1. The molecule has 7 heteroatoms. The average molecular weight is 425 g/mol. The topological polar surface area (TPSA) is 48.7 Å². The molecule has 5 rings (SSSR count). The van der Waals surface area contributed by atoms with Crippen molar-refractivity contribution in [3.05, 3.63) is 58.6 Å². The second-order valence-electron chi connectivity index (χ2n) is 8.56. The highest BCUT2D eigenvalue weighted by atomic mass is 35.5. The van der Waals surface area contributed by atoms with Gasteiger partial charge in [-0.2, -0.15) is 0 Å². The second-order valence-corrected chi connectivity index (χ2v) is 8.92. The number of hydrogen-bond donors (Lipinski definition) is 1. The molecule has 0 aromatic carbocycles. The molecule has 0 saturated carbocycles. The van der Waals surface area contributed by atoms with Gasteiger partial charge in [-0.15, -0.1) is 0 Å². The van der Waals surface area contributed by atoms with E-state index in [1.54, 1.807) is 0 Å². The number of pyridine rings is 2. The fraction of sp³-hybridized carbons (Fsp3) is 0.478. The third-order valence-electron chi connectivity index (χ3n) is 6.52. The van der Waals surface area contributed by atoms with E-state index < -0.39 is 0 Å². The van der Waals surface area contributed by atoms with Gasteiger partial charge in [-0.25, -0.2) is 4.98 Å². The Morgan fingerprint density at radius 2 is 1.77 bits per heavy atom. The number of rotatable bonds is 3. The van der Waals surface area contributed by atoms with Crippen molar-refractivity contribution in [3.63, 3.8) is 0 Å². The second kappa shape index (κ2) is 8.17. The number of piperidine rings is 1. The van der Waals surface area contributed by atoms with Crippen LogP contribution in [0.4, 0.5) is 5.82 Å². The van der Waals surface area contributed by atoms with Crippen molar-refractivity contribution in [2.75, 3.05) is 38.1 Å². The molecule has 30 heavy (non-hydrogen) atoms. The van der Waals surface area contributed by atoms with Crippen molar-refractivity contribution in [2.45, 2.75) is 38.3 Å². The molecule has 1 N–H and O–H groups in total. The molecule has 5 heterocycles. The van der Waals surface area contributed by atoms with Crippen LogP contribution in [0.5, 0.6) is 0 Å². The molecule has 0 radical (unpaired) electrons. The van der Waals surface area contributed by atoms with E-state index in [1.165, 1.54) is 5.56 Å². The van der Waals surface area contributed by atoms with E-state index in [0.717, 1.165) is 73.4 Å². The van der Waals surface area contributed by atoms with Gasteiger partial charge in [0.2, 0.25) is 0 Å². The molecule has 0 amide bonds. The standard InChI is InChI=1S/C23H29ClN6/c1-16-6-5-11-25-21(16)17-7-3-8-18(26-17)22-23(24)30-19(27-22)9-4-10-20(30)29-14-12-28(2)13-15-29/h4-6,9-11,17-18,26H,3,7-8,12-15H2,1-2H3/t17-,18?/m0/s1. The molecule has 2 fully saturated rings. The van der Waals surface area contributed by atoms with E-state index in [4.69, 9.17) is 16.6 Å². The highest BCUT2D eigenvalue weighted by molar-refractivity contribution is 6.30. The lowest BCUT2D eigenvalue weighted by molar-refractivity contribution is 0.311. The Morgan fingerprint density at radius 3 is 2.53 bits per heavy atom. The molecule has 2 aliphatic heterocycles. The Bertz CT molecular complexity index is 1040. The van der Waals surface area contributed by atoms with Crippen molar-refractivity contribution in [1.82, 2.24) is 24.6 Å². The van der Waals surface area contributed by atoms with Crippen LogP contribution in [0.1, 0.15) is 48.3 Å². The van der Waals surface area contributed by atoms with Crippen LogP contribution in [-0.4, -0.2) is 52.5 Å². The summed E-state index contributed by atoms with van der Waals surface area (Å²) in [5, 5.41) is 4.52. The van der Waals surface area contributed by atoms with Crippen LogP contribution < -0.4 is 10.2 Å². The molecule has 0 bridgehead atoms. The van der Waals surface area contributed by atoms with Crippen molar-refractivity contribution in [3.8, 4) is 0 Å². The lowest BCUT2D eigenvalue weighted by Gasteiger charge is -2.34. The van der Waals surface area contributed by atoms with Gasteiger partial charge in [0.1, 0.15) is 16.6 Å². The first-order valence-corrected chi connectivity index (χ1v) is 11.3. The first kappa shape index (κ1) is 19.8. The van der Waals surface area contributed by atoms with Gasteiger partial charge in [0.05, 0.1) is 23.5 Å². The number of aromatic nitrogens is 3. The van der Waals surface area contributed by atoms with E-state index in [2.05, 4.69) is 62.7 Å². The maximum atomic E-state index is 6.98. The van der Waals surface area contributed by atoms with Crippen molar-refractivity contribution in [1.29, 1.82) is 0 Å². The van der Waals surface area contributed by atoms with Gasteiger partial charge in [-0.1, -0.05) is 23.7 Å². The normalized spacial score (nSPS) is 23.2. The Morgan fingerprint density at radius 1 is 1.00 bits per heavy atom. The van der Waals surface area contributed by atoms with Crippen LogP contribution >= 0.6 is 11.6 Å². The molecule has 0 spiro atoms. The summed E-state index contributed by atoms with van der Waals surface area (Å²) < 4.78 is 2.12. The molecule has 2 aliphatic rings. The zero-order valence-electron chi connectivity index (χ0n) is 17.7. The van der Waals surface area contributed by atoms with E-state index in [-0.39, 0.29) is 12.1 Å². The number of nitrogens with one attached hydrogen (secondary N) is 1. The Labute approximate surface area is 182 Å². The summed E-state index contributed by atoms with van der Waals surface area (Å²) in [5.41, 5.74) is 4.25. The Kier molecular flexibility index (Phi) is 5.39. The number of imidazole rings is 1. The van der Waals surface area contributed by atoms with Gasteiger partial charge < -0.3 is 15.1 Å². The average Bonchev–Trinajstić information content (AvgIpc) is 3.12. The van der Waals surface area contributed by atoms with Crippen molar-refractivity contribution < 1.29 is 0 Å². The lowest BCUT2D eigenvalue weighted by atomic mass is 9.93. The molecular formula is C23H29ClN6. The lowest BCUT2D eigenvalue weighted by Crippen LogP contribution is -2.45. The van der Waals surface area contributed by atoms with Crippen molar-refractivity contribution in [2.24, 2.45) is 0 Å². The quantitative estimate of drug-likeness (QED) is 0.688. The largest absolute Gasteiger partial charge is 0.355 e. The van der Waals surface area contributed by atoms with Crippen molar-refractivity contribution >= 4 is 23.1 Å². The minimum Gasteiger partial charge on any atom is -0.355 e. The third-order valence-corrected chi connectivity index (χ3v) is 6.88. The van der Waals surface area contributed by atoms with Crippen LogP contribution in [0.25, 0.3) is 5.65 Å². The number of halogens is 1. The molecule has 0 aliphatic carbocycles. The summed E-state index contributed by atoms with van der Waals surface area (Å²) in [7, 11) is 2.18. The maximum absolute atomic E-state index is 6.98. The SMILES string of the molecule is Cc1cccnc1[C@@H]1CCCC(c2nc3cccc(N4CCN(C)CC4)n3c2Cl)N1. The molecule has 3 aromatic heterocycles. The first-order valence-electron chi connectivity index (χ1n) is 10.9. The zero-order chi connectivity index (χ0) is 20.7.